The van der Waals surface area contributed by atoms with Crippen LogP contribution in [-0.2, 0) is 12.0 Å². The maximum atomic E-state index is 13.3. The molecule has 23 heavy (non-hydrogen) atoms. The fourth-order valence-corrected chi connectivity index (χ4v) is 3.00. The molecule has 126 valence electrons. The third kappa shape index (κ3) is 4.56. The topological polar surface area (TPSA) is 45.2 Å². The van der Waals surface area contributed by atoms with Crippen LogP contribution in [-0.4, -0.2) is 16.1 Å². The summed E-state index contributed by atoms with van der Waals surface area (Å²) in [5, 5.41) is 16.5. The molecule has 2 atom stereocenters. The number of aromatic nitrogens is 1. The van der Waals surface area contributed by atoms with Gasteiger partial charge in [0.25, 0.3) is 0 Å². The van der Waals surface area contributed by atoms with E-state index in [1.54, 1.807) is 18.3 Å². The van der Waals surface area contributed by atoms with Crippen molar-refractivity contribution in [3.8, 4) is 0 Å². The summed E-state index contributed by atoms with van der Waals surface area (Å²) in [4.78, 5) is 4.58. The molecule has 6 heteroatoms. The number of aliphatic hydroxyl groups excluding tert-OH is 1. The molecule has 0 saturated heterocycles. The van der Waals surface area contributed by atoms with Gasteiger partial charge in [-0.3, -0.25) is 0 Å². The lowest BCUT2D eigenvalue weighted by atomic mass is 9.98. The number of aliphatic hydroxyl groups is 1. The average Bonchev–Trinajstić information content (AvgIpc) is 2.96. The van der Waals surface area contributed by atoms with Crippen LogP contribution < -0.4 is 5.32 Å². The second-order valence-electron chi connectivity index (χ2n) is 6.68. The van der Waals surface area contributed by atoms with Gasteiger partial charge in [0.05, 0.1) is 16.8 Å². The second kappa shape index (κ2) is 7.03. The lowest BCUT2D eigenvalue weighted by Gasteiger charge is -2.20. The van der Waals surface area contributed by atoms with Gasteiger partial charge in [-0.15, -0.1) is 11.3 Å². The molecule has 0 amide bonds. The van der Waals surface area contributed by atoms with Crippen LogP contribution in [0, 0.1) is 11.6 Å². The van der Waals surface area contributed by atoms with E-state index in [1.807, 2.05) is 5.38 Å². The first-order valence-electron chi connectivity index (χ1n) is 7.50. The summed E-state index contributed by atoms with van der Waals surface area (Å²) in [7, 11) is 0. The molecule has 1 aromatic carbocycles. The van der Waals surface area contributed by atoms with Crippen LogP contribution in [0.4, 0.5) is 8.78 Å². The number of thiazole rings is 1. The Hall–Kier alpha value is -1.37. The van der Waals surface area contributed by atoms with Crippen molar-refractivity contribution in [1.29, 1.82) is 0 Å². The molecule has 1 heterocycles. The third-order valence-electron chi connectivity index (χ3n) is 3.56. The molecule has 1 aromatic heterocycles. The zero-order valence-corrected chi connectivity index (χ0v) is 14.5. The average molecular weight is 340 g/mol. The van der Waals surface area contributed by atoms with Crippen molar-refractivity contribution in [3.63, 3.8) is 0 Å². The zero-order chi connectivity index (χ0) is 17.2. The molecule has 2 aromatic rings. The number of halogens is 2. The van der Waals surface area contributed by atoms with Crippen molar-refractivity contribution in [2.24, 2.45) is 0 Å². The Morgan fingerprint density at radius 1 is 1.26 bits per heavy atom. The predicted molar refractivity (Wildman–Crippen MR) is 88.4 cm³/mol. The minimum Gasteiger partial charge on any atom is -0.387 e. The van der Waals surface area contributed by atoms with E-state index in [-0.39, 0.29) is 11.5 Å². The maximum Gasteiger partial charge on any atom is 0.159 e. The molecular formula is C17H22F2N2OS. The van der Waals surface area contributed by atoms with Gasteiger partial charge in [0.15, 0.2) is 11.6 Å². The first-order chi connectivity index (χ1) is 10.7. The van der Waals surface area contributed by atoms with Crippen molar-refractivity contribution >= 4 is 11.3 Å². The van der Waals surface area contributed by atoms with E-state index in [1.165, 1.54) is 6.07 Å². The van der Waals surface area contributed by atoms with Crippen LogP contribution >= 0.6 is 11.3 Å². The molecular weight excluding hydrogens is 318 g/mol. The molecule has 0 aliphatic rings. The summed E-state index contributed by atoms with van der Waals surface area (Å²) in [6.07, 6.45) is -0.925. The summed E-state index contributed by atoms with van der Waals surface area (Å²) in [6, 6.07) is 3.12. The van der Waals surface area contributed by atoms with Crippen LogP contribution in [0.15, 0.2) is 23.6 Å². The number of hydrogen-bond acceptors (Lipinski definition) is 4. The molecule has 0 bridgehead atoms. The normalized spacial score (nSPS) is 14.7. The summed E-state index contributed by atoms with van der Waals surface area (Å²) in [5.74, 6) is -1.87. The molecule has 0 spiro atoms. The molecule has 2 rings (SSSR count). The highest BCUT2D eigenvalue weighted by atomic mass is 32.1. The standard InChI is InChI=1S/C17H22F2N2OS/c1-10(15(22)11-5-6-13(18)14(19)7-11)20-8-12-9-23-16(21-12)17(2,3)4/h5-7,9-10,15,20,22H,8H2,1-4H3. The number of benzene rings is 1. The van der Waals surface area contributed by atoms with Gasteiger partial charge in [-0.1, -0.05) is 26.8 Å². The number of hydrogen-bond donors (Lipinski definition) is 2. The van der Waals surface area contributed by atoms with Gasteiger partial charge in [0, 0.05) is 23.4 Å². The highest BCUT2D eigenvalue weighted by Crippen LogP contribution is 2.26. The Balaban J connectivity index is 1.97. The van der Waals surface area contributed by atoms with Crippen LogP contribution in [0.2, 0.25) is 0 Å². The Morgan fingerprint density at radius 2 is 1.96 bits per heavy atom. The van der Waals surface area contributed by atoms with Gasteiger partial charge < -0.3 is 10.4 Å². The van der Waals surface area contributed by atoms with Crippen LogP contribution in [0.5, 0.6) is 0 Å². The third-order valence-corrected chi connectivity index (χ3v) is 4.87. The Morgan fingerprint density at radius 3 is 2.52 bits per heavy atom. The van der Waals surface area contributed by atoms with Crippen molar-refractivity contribution < 1.29 is 13.9 Å². The smallest absolute Gasteiger partial charge is 0.159 e. The molecule has 0 fully saturated rings. The molecule has 0 radical (unpaired) electrons. The maximum absolute atomic E-state index is 13.3. The largest absolute Gasteiger partial charge is 0.387 e. The molecule has 0 aliphatic heterocycles. The highest BCUT2D eigenvalue weighted by molar-refractivity contribution is 7.09. The van der Waals surface area contributed by atoms with Crippen molar-refractivity contribution in [1.82, 2.24) is 10.3 Å². The molecule has 0 saturated carbocycles. The second-order valence-corrected chi connectivity index (χ2v) is 7.54. The first kappa shape index (κ1) is 18.0. The number of nitrogens with one attached hydrogen (secondary N) is 1. The monoisotopic (exact) mass is 340 g/mol. The van der Waals surface area contributed by atoms with E-state index in [0.29, 0.717) is 12.1 Å². The van der Waals surface area contributed by atoms with Gasteiger partial charge in [0.2, 0.25) is 0 Å². The van der Waals surface area contributed by atoms with E-state index < -0.39 is 17.7 Å². The van der Waals surface area contributed by atoms with Gasteiger partial charge in [-0.25, -0.2) is 13.8 Å². The molecule has 0 aliphatic carbocycles. The van der Waals surface area contributed by atoms with E-state index in [2.05, 4.69) is 31.1 Å². The molecule has 2 N–H and O–H groups in total. The highest BCUT2D eigenvalue weighted by Gasteiger charge is 2.20. The fourth-order valence-electron chi connectivity index (χ4n) is 2.09. The van der Waals surface area contributed by atoms with E-state index in [4.69, 9.17) is 0 Å². The summed E-state index contributed by atoms with van der Waals surface area (Å²) >= 11 is 1.61. The lowest BCUT2D eigenvalue weighted by Crippen LogP contribution is -2.32. The zero-order valence-electron chi connectivity index (χ0n) is 13.7. The first-order valence-corrected chi connectivity index (χ1v) is 8.37. The van der Waals surface area contributed by atoms with Gasteiger partial charge >= 0.3 is 0 Å². The number of nitrogens with zero attached hydrogens (tertiary/aromatic N) is 1. The Kier molecular flexibility index (Phi) is 5.49. The summed E-state index contributed by atoms with van der Waals surface area (Å²) in [6.45, 7) is 8.63. The molecule has 3 nitrogen and oxygen atoms in total. The van der Waals surface area contributed by atoms with Gasteiger partial charge in [-0.05, 0) is 24.6 Å². The van der Waals surface area contributed by atoms with Gasteiger partial charge in [-0.2, -0.15) is 0 Å². The summed E-state index contributed by atoms with van der Waals surface area (Å²) in [5.41, 5.74) is 1.27. The SMILES string of the molecule is CC(NCc1csc(C(C)(C)C)n1)C(O)c1ccc(F)c(F)c1. The Bertz CT molecular complexity index is 667. The van der Waals surface area contributed by atoms with Crippen molar-refractivity contribution in [2.45, 2.75) is 51.8 Å². The van der Waals surface area contributed by atoms with Crippen LogP contribution in [0.25, 0.3) is 0 Å². The van der Waals surface area contributed by atoms with E-state index in [0.717, 1.165) is 22.8 Å². The van der Waals surface area contributed by atoms with Gasteiger partial charge in [0.1, 0.15) is 0 Å². The van der Waals surface area contributed by atoms with E-state index in [9.17, 15) is 13.9 Å². The quantitative estimate of drug-likeness (QED) is 0.867. The Labute approximate surface area is 139 Å². The predicted octanol–water partition coefficient (Wildman–Crippen LogP) is 3.93. The minimum absolute atomic E-state index is 0.0136. The molecule has 2 unspecified atom stereocenters. The van der Waals surface area contributed by atoms with E-state index >= 15 is 0 Å². The van der Waals surface area contributed by atoms with Crippen molar-refractivity contribution in [2.75, 3.05) is 0 Å². The van der Waals surface area contributed by atoms with Crippen molar-refractivity contribution in [3.05, 3.63) is 51.5 Å². The number of rotatable bonds is 5. The van der Waals surface area contributed by atoms with Crippen LogP contribution in [0.3, 0.4) is 0 Å². The van der Waals surface area contributed by atoms with Crippen LogP contribution in [0.1, 0.15) is 50.1 Å². The lowest BCUT2D eigenvalue weighted by molar-refractivity contribution is 0.134. The fraction of sp³-hybridized carbons (Fsp3) is 0.471. The summed E-state index contributed by atoms with van der Waals surface area (Å²) < 4.78 is 26.2. The minimum atomic E-state index is -0.955.